The zero-order chi connectivity index (χ0) is 7.07. The van der Waals surface area contributed by atoms with E-state index in [1.165, 1.54) is 0 Å². The Morgan fingerprint density at radius 1 is 1.78 bits per heavy atom. The lowest BCUT2D eigenvalue weighted by atomic mass is 9.88. The number of carbonyl (C=O) groups is 1. The van der Waals surface area contributed by atoms with Gasteiger partial charge in [-0.05, 0) is 13.8 Å². The second-order valence-electron chi connectivity index (χ2n) is 2.93. The predicted molar refractivity (Wildman–Crippen MR) is 32.7 cm³/mol. The van der Waals surface area contributed by atoms with Crippen LogP contribution in [0, 0.1) is 5.41 Å². The first-order valence-corrected chi connectivity index (χ1v) is 2.98. The molecule has 1 atom stereocenters. The van der Waals surface area contributed by atoms with Gasteiger partial charge in [0.05, 0.1) is 11.5 Å². The molecule has 0 bridgehead atoms. The first kappa shape index (κ1) is 6.55. The van der Waals surface area contributed by atoms with Gasteiger partial charge in [-0.2, -0.15) is 0 Å². The van der Waals surface area contributed by atoms with Crippen LogP contribution >= 0.6 is 0 Å². The van der Waals surface area contributed by atoms with E-state index < -0.39 is 5.41 Å². The average Bonchev–Trinajstić information content (AvgIpc) is 1.96. The maximum absolute atomic E-state index is 10.8. The summed E-state index contributed by atoms with van der Waals surface area (Å²) >= 11 is 0. The molecule has 0 aromatic heterocycles. The van der Waals surface area contributed by atoms with Crippen LogP contribution in [0.15, 0.2) is 0 Å². The van der Waals surface area contributed by atoms with Crippen LogP contribution in [-0.4, -0.2) is 18.6 Å². The zero-order valence-electron chi connectivity index (χ0n) is 5.68. The van der Waals surface area contributed by atoms with Crippen molar-refractivity contribution >= 4 is 5.97 Å². The molecular weight excluding hydrogens is 118 g/mol. The van der Waals surface area contributed by atoms with E-state index in [0.717, 1.165) is 0 Å². The summed E-state index contributed by atoms with van der Waals surface area (Å²) in [6.07, 6.45) is 0. The summed E-state index contributed by atoms with van der Waals surface area (Å²) in [5, 5.41) is 0. The van der Waals surface area contributed by atoms with Crippen molar-refractivity contribution in [1.82, 2.24) is 0 Å². The van der Waals surface area contributed by atoms with Crippen molar-refractivity contribution in [3.8, 4) is 0 Å². The Hall–Kier alpha value is -0.570. The molecule has 0 aromatic carbocycles. The molecule has 1 aliphatic heterocycles. The Morgan fingerprint density at radius 3 is 2.44 bits per heavy atom. The third-order valence-corrected chi connectivity index (χ3v) is 1.85. The van der Waals surface area contributed by atoms with Gasteiger partial charge >= 0.3 is 5.97 Å². The SMILES string of the molecule is CC1(C)C(=O)OCC1N. The number of nitrogens with two attached hydrogens (primary N) is 1. The van der Waals surface area contributed by atoms with Crippen LogP contribution in [0.4, 0.5) is 0 Å². The summed E-state index contributed by atoms with van der Waals surface area (Å²) in [6, 6.07) is -0.134. The van der Waals surface area contributed by atoms with E-state index in [-0.39, 0.29) is 12.0 Å². The van der Waals surface area contributed by atoms with E-state index in [0.29, 0.717) is 6.61 Å². The van der Waals surface area contributed by atoms with Gasteiger partial charge in [0.25, 0.3) is 0 Å². The Labute approximate surface area is 54.2 Å². The number of cyclic esters (lactones) is 1. The van der Waals surface area contributed by atoms with E-state index in [4.69, 9.17) is 10.5 Å². The molecule has 0 saturated carbocycles. The third-order valence-electron chi connectivity index (χ3n) is 1.85. The Bertz CT molecular complexity index is 142. The zero-order valence-corrected chi connectivity index (χ0v) is 5.68. The van der Waals surface area contributed by atoms with E-state index in [9.17, 15) is 4.79 Å². The van der Waals surface area contributed by atoms with Crippen LogP contribution in [-0.2, 0) is 9.53 Å². The van der Waals surface area contributed by atoms with Gasteiger partial charge in [-0.15, -0.1) is 0 Å². The minimum absolute atomic E-state index is 0.134. The largest absolute Gasteiger partial charge is 0.464 e. The van der Waals surface area contributed by atoms with Crippen molar-refractivity contribution in [3.05, 3.63) is 0 Å². The van der Waals surface area contributed by atoms with Crippen molar-refractivity contribution in [1.29, 1.82) is 0 Å². The maximum atomic E-state index is 10.8. The van der Waals surface area contributed by atoms with Crippen LogP contribution in [0.5, 0.6) is 0 Å². The molecule has 1 rings (SSSR count). The lowest BCUT2D eigenvalue weighted by molar-refractivity contribution is -0.144. The molecule has 3 heteroatoms. The molecule has 0 aromatic rings. The topological polar surface area (TPSA) is 52.3 Å². The molecule has 1 saturated heterocycles. The van der Waals surface area contributed by atoms with Gasteiger partial charge in [-0.3, -0.25) is 4.79 Å². The van der Waals surface area contributed by atoms with Gasteiger partial charge in [0.2, 0.25) is 0 Å². The fourth-order valence-electron chi connectivity index (χ4n) is 0.711. The summed E-state index contributed by atoms with van der Waals surface area (Å²) in [6.45, 7) is 3.96. The quantitative estimate of drug-likeness (QED) is 0.464. The Balaban J connectivity index is 2.78. The summed E-state index contributed by atoms with van der Waals surface area (Å²) in [5.41, 5.74) is 5.08. The van der Waals surface area contributed by atoms with Crippen molar-refractivity contribution < 1.29 is 9.53 Å². The standard InChI is InChI=1S/C6H11NO2/c1-6(2)4(7)3-9-5(6)8/h4H,3,7H2,1-2H3. The first-order chi connectivity index (χ1) is 4.05. The summed E-state index contributed by atoms with van der Waals surface area (Å²) in [7, 11) is 0. The maximum Gasteiger partial charge on any atom is 0.313 e. The van der Waals surface area contributed by atoms with E-state index in [1.54, 1.807) is 13.8 Å². The number of hydrogen-bond donors (Lipinski definition) is 1. The number of carbonyl (C=O) groups excluding carboxylic acids is 1. The third kappa shape index (κ3) is 0.812. The fraction of sp³-hybridized carbons (Fsp3) is 0.833. The van der Waals surface area contributed by atoms with Crippen LogP contribution in [0.3, 0.4) is 0 Å². The van der Waals surface area contributed by atoms with Crippen LogP contribution < -0.4 is 5.73 Å². The monoisotopic (exact) mass is 129 g/mol. The predicted octanol–water partition coefficient (Wildman–Crippen LogP) is -0.103. The van der Waals surface area contributed by atoms with Crippen molar-refractivity contribution in [2.45, 2.75) is 19.9 Å². The molecule has 0 amide bonds. The fourth-order valence-corrected chi connectivity index (χ4v) is 0.711. The molecule has 52 valence electrons. The highest BCUT2D eigenvalue weighted by molar-refractivity contribution is 5.78. The molecule has 0 aliphatic carbocycles. The van der Waals surface area contributed by atoms with Gasteiger partial charge in [0.1, 0.15) is 6.61 Å². The Kier molecular flexibility index (Phi) is 1.24. The lowest BCUT2D eigenvalue weighted by Crippen LogP contribution is -2.37. The summed E-state index contributed by atoms with van der Waals surface area (Å²) in [5.74, 6) is -0.185. The van der Waals surface area contributed by atoms with Crippen molar-refractivity contribution in [2.75, 3.05) is 6.61 Å². The van der Waals surface area contributed by atoms with E-state index in [2.05, 4.69) is 0 Å². The molecule has 3 nitrogen and oxygen atoms in total. The van der Waals surface area contributed by atoms with Gasteiger partial charge in [-0.1, -0.05) is 0 Å². The van der Waals surface area contributed by atoms with Crippen LogP contribution in [0.2, 0.25) is 0 Å². The highest BCUT2D eigenvalue weighted by Crippen LogP contribution is 2.26. The molecule has 0 spiro atoms. The van der Waals surface area contributed by atoms with Crippen LogP contribution in [0.1, 0.15) is 13.8 Å². The molecule has 1 unspecified atom stereocenters. The highest BCUT2D eigenvalue weighted by atomic mass is 16.5. The number of hydrogen-bond acceptors (Lipinski definition) is 3. The van der Waals surface area contributed by atoms with Gasteiger partial charge < -0.3 is 10.5 Å². The van der Waals surface area contributed by atoms with E-state index >= 15 is 0 Å². The van der Waals surface area contributed by atoms with Gasteiger partial charge in [0.15, 0.2) is 0 Å². The number of ether oxygens (including phenoxy) is 1. The molecule has 1 fully saturated rings. The van der Waals surface area contributed by atoms with E-state index in [1.807, 2.05) is 0 Å². The normalized spacial score (nSPS) is 32.3. The van der Waals surface area contributed by atoms with Crippen molar-refractivity contribution in [2.24, 2.45) is 11.1 Å². The summed E-state index contributed by atoms with van der Waals surface area (Å²) in [4.78, 5) is 10.8. The second kappa shape index (κ2) is 1.70. The second-order valence-corrected chi connectivity index (χ2v) is 2.93. The lowest BCUT2D eigenvalue weighted by Gasteiger charge is -2.15. The smallest absolute Gasteiger partial charge is 0.313 e. The molecule has 9 heavy (non-hydrogen) atoms. The minimum Gasteiger partial charge on any atom is -0.464 e. The van der Waals surface area contributed by atoms with Crippen molar-refractivity contribution in [3.63, 3.8) is 0 Å². The average molecular weight is 129 g/mol. The minimum atomic E-state index is -0.472. The first-order valence-electron chi connectivity index (χ1n) is 2.98. The van der Waals surface area contributed by atoms with Crippen LogP contribution in [0.25, 0.3) is 0 Å². The number of esters is 1. The molecule has 1 heterocycles. The van der Waals surface area contributed by atoms with Gasteiger partial charge in [0, 0.05) is 0 Å². The number of rotatable bonds is 0. The Morgan fingerprint density at radius 2 is 2.33 bits per heavy atom. The molecule has 1 aliphatic rings. The molecule has 0 radical (unpaired) electrons. The summed E-state index contributed by atoms with van der Waals surface area (Å²) < 4.78 is 4.72. The molecule has 2 N–H and O–H groups in total. The highest BCUT2D eigenvalue weighted by Gasteiger charge is 2.42. The molecular formula is C6H11NO2. The van der Waals surface area contributed by atoms with Gasteiger partial charge in [-0.25, -0.2) is 0 Å².